The molecule has 5 nitrogen and oxygen atoms in total. The van der Waals surface area contributed by atoms with Gasteiger partial charge in [-0.1, -0.05) is 12.8 Å². The zero-order chi connectivity index (χ0) is 14.6. The van der Waals surface area contributed by atoms with Gasteiger partial charge in [-0.3, -0.25) is 0 Å². The summed E-state index contributed by atoms with van der Waals surface area (Å²) in [5.74, 6) is 0. The molecule has 1 aliphatic carbocycles. The number of nitrogens with zero attached hydrogens (tertiary/aromatic N) is 1. The van der Waals surface area contributed by atoms with Crippen LogP contribution in [0.15, 0.2) is 23.4 Å². The van der Waals surface area contributed by atoms with Gasteiger partial charge in [-0.25, -0.2) is 18.1 Å². The van der Waals surface area contributed by atoms with Crippen LogP contribution in [0.5, 0.6) is 0 Å². The van der Waals surface area contributed by atoms with E-state index in [9.17, 15) is 8.42 Å². The summed E-state index contributed by atoms with van der Waals surface area (Å²) >= 11 is 1.76. The van der Waals surface area contributed by atoms with Crippen LogP contribution in [0.2, 0.25) is 0 Å². The van der Waals surface area contributed by atoms with E-state index in [0.717, 1.165) is 12.8 Å². The highest BCUT2D eigenvalue weighted by molar-refractivity contribution is 8.00. The maximum absolute atomic E-state index is 12.4. The first-order chi connectivity index (χ1) is 9.53. The lowest BCUT2D eigenvalue weighted by Gasteiger charge is -2.26. The largest absolute Gasteiger partial charge is 0.386 e. The Morgan fingerprint density at radius 2 is 2.10 bits per heavy atom. The lowest BCUT2D eigenvalue weighted by atomic mass is 10.1. The van der Waals surface area contributed by atoms with Gasteiger partial charge in [0.2, 0.25) is 0 Å². The molecule has 2 N–H and O–H groups in total. The Labute approximate surface area is 125 Å². The van der Waals surface area contributed by atoms with Crippen molar-refractivity contribution in [2.45, 2.75) is 35.5 Å². The van der Waals surface area contributed by atoms with Crippen LogP contribution in [-0.4, -0.2) is 38.0 Å². The molecule has 7 heteroatoms. The molecule has 1 heterocycles. The van der Waals surface area contributed by atoms with Gasteiger partial charge in [-0.15, -0.1) is 0 Å². The maximum Gasteiger partial charge on any atom is 0.260 e. The van der Waals surface area contributed by atoms with Gasteiger partial charge in [-0.05, 0) is 31.2 Å². The third kappa shape index (κ3) is 3.27. The summed E-state index contributed by atoms with van der Waals surface area (Å²) in [4.78, 5) is 4.00. The summed E-state index contributed by atoms with van der Waals surface area (Å²) < 4.78 is 27.6. The molecule has 0 atom stereocenters. The molecule has 0 saturated heterocycles. The Bertz CT molecular complexity index is 554. The molecule has 0 bridgehead atoms. The fourth-order valence-corrected chi connectivity index (χ4v) is 4.83. The van der Waals surface area contributed by atoms with Crippen LogP contribution in [0.4, 0.5) is 5.69 Å². The molecule has 0 aromatic carbocycles. The molecular formula is C13H21N3O2S2. The molecule has 20 heavy (non-hydrogen) atoms. The molecule has 2 rings (SSSR count). The van der Waals surface area contributed by atoms with Crippen molar-refractivity contribution in [2.75, 3.05) is 25.2 Å². The Kier molecular flexibility index (Phi) is 4.93. The van der Waals surface area contributed by atoms with Gasteiger partial charge in [0, 0.05) is 24.5 Å². The maximum atomic E-state index is 12.4. The van der Waals surface area contributed by atoms with Crippen molar-refractivity contribution < 1.29 is 8.42 Å². The number of sulfonamides is 1. The van der Waals surface area contributed by atoms with Crippen LogP contribution < -0.4 is 10.0 Å². The first-order valence-electron chi connectivity index (χ1n) is 6.71. The quantitative estimate of drug-likeness (QED) is 0.841. The summed E-state index contributed by atoms with van der Waals surface area (Å²) in [7, 11) is -1.88. The minimum Gasteiger partial charge on any atom is -0.386 e. The van der Waals surface area contributed by atoms with E-state index in [2.05, 4.69) is 21.3 Å². The molecule has 0 aliphatic heterocycles. The fourth-order valence-electron chi connectivity index (χ4n) is 2.56. The SMILES string of the molecule is CNc1cccnc1S(=O)(=O)NCC1(SC)CCCC1. The smallest absolute Gasteiger partial charge is 0.260 e. The van der Waals surface area contributed by atoms with Crippen LogP contribution in [0.25, 0.3) is 0 Å². The van der Waals surface area contributed by atoms with Crippen LogP contribution in [0.3, 0.4) is 0 Å². The van der Waals surface area contributed by atoms with Crippen molar-refractivity contribution in [3.05, 3.63) is 18.3 Å². The predicted molar refractivity (Wildman–Crippen MR) is 83.7 cm³/mol. The number of aromatic nitrogens is 1. The van der Waals surface area contributed by atoms with Gasteiger partial charge in [0.05, 0.1) is 5.69 Å². The number of nitrogens with one attached hydrogen (secondary N) is 2. The van der Waals surface area contributed by atoms with Gasteiger partial charge in [0.25, 0.3) is 10.0 Å². The average Bonchev–Trinajstić information content (AvgIpc) is 2.95. The minimum atomic E-state index is -3.58. The van der Waals surface area contributed by atoms with E-state index < -0.39 is 10.0 Å². The monoisotopic (exact) mass is 315 g/mol. The van der Waals surface area contributed by atoms with Crippen LogP contribution >= 0.6 is 11.8 Å². The molecular weight excluding hydrogens is 294 g/mol. The number of hydrogen-bond donors (Lipinski definition) is 2. The van der Waals surface area contributed by atoms with Gasteiger partial charge < -0.3 is 5.32 Å². The standard InChI is InChI=1S/C13H21N3O2S2/c1-14-11-6-5-9-15-12(11)20(17,18)16-10-13(19-2)7-3-4-8-13/h5-6,9,14,16H,3-4,7-8,10H2,1-2H3. The van der Waals surface area contributed by atoms with E-state index in [0.29, 0.717) is 12.2 Å². The Morgan fingerprint density at radius 1 is 1.40 bits per heavy atom. The zero-order valence-corrected chi connectivity index (χ0v) is 13.5. The number of anilines is 1. The lowest BCUT2D eigenvalue weighted by Crippen LogP contribution is -2.38. The molecule has 112 valence electrons. The normalized spacial score (nSPS) is 18.1. The van der Waals surface area contributed by atoms with Crippen molar-refractivity contribution >= 4 is 27.5 Å². The van der Waals surface area contributed by atoms with Crippen LogP contribution in [0.1, 0.15) is 25.7 Å². The molecule has 0 unspecified atom stereocenters. The van der Waals surface area contributed by atoms with E-state index in [4.69, 9.17) is 0 Å². The number of thioether (sulfide) groups is 1. The third-order valence-electron chi connectivity index (χ3n) is 3.83. The number of pyridine rings is 1. The van der Waals surface area contributed by atoms with Gasteiger partial charge >= 0.3 is 0 Å². The molecule has 1 aromatic rings. The van der Waals surface area contributed by atoms with Crippen molar-refractivity contribution in [1.82, 2.24) is 9.71 Å². The summed E-state index contributed by atoms with van der Waals surface area (Å²) in [6.07, 6.45) is 8.03. The molecule has 1 aliphatic rings. The first-order valence-corrected chi connectivity index (χ1v) is 9.41. The summed E-state index contributed by atoms with van der Waals surface area (Å²) in [5, 5.41) is 2.93. The van der Waals surface area contributed by atoms with E-state index in [1.54, 1.807) is 30.9 Å². The van der Waals surface area contributed by atoms with E-state index in [1.165, 1.54) is 19.0 Å². The topological polar surface area (TPSA) is 71.1 Å². The minimum absolute atomic E-state index is 0.0433. The summed E-state index contributed by atoms with van der Waals surface area (Å²) in [5.41, 5.74) is 0.518. The van der Waals surface area contributed by atoms with Gasteiger partial charge in [-0.2, -0.15) is 11.8 Å². The van der Waals surface area contributed by atoms with Crippen molar-refractivity contribution in [1.29, 1.82) is 0 Å². The van der Waals surface area contributed by atoms with Crippen LogP contribution in [0, 0.1) is 0 Å². The Balaban J connectivity index is 2.15. The second-order valence-electron chi connectivity index (χ2n) is 5.02. The molecule has 1 saturated carbocycles. The molecule has 0 amide bonds. The Hall–Kier alpha value is -0.790. The predicted octanol–water partition coefficient (Wildman–Crippen LogP) is 2.08. The summed E-state index contributed by atoms with van der Waals surface area (Å²) in [6, 6.07) is 3.42. The van der Waals surface area contributed by atoms with Crippen LogP contribution in [-0.2, 0) is 10.0 Å². The molecule has 1 fully saturated rings. The first kappa shape index (κ1) is 15.6. The fraction of sp³-hybridized carbons (Fsp3) is 0.615. The highest BCUT2D eigenvalue weighted by atomic mass is 32.2. The second kappa shape index (κ2) is 6.32. The second-order valence-corrected chi connectivity index (χ2v) is 7.98. The number of rotatable bonds is 6. The van der Waals surface area contributed by atoms with Crippen molar-refractivity contribution in [2.24, 2.45) is 0 Å². The van der Waals surface area contributed by atoms with Crippen molar-refractivity contribution in [3.8, 4) is 0 Å². The Morgan fingerprint density at radius 3 is 2.70 bits per heavy atom. The van der Waals surface area contributed by atoms with Gasteiger partial charge in [0.15, 0.2) is 5.03 Å². The van der Waals surface area contributed by atoms with E-state index in [-0.39, 0.29) is 9.77 Å². The van der Waals surface area contributed by atoms with Gasteiger partial charge in [0.1, 0.15) is 0 Å². The third-order valence-corrected chi connectivity index (χ3v) is 6.60. The van der Waals surface area contributed by atoms with E-state index in [1.807, 2.05) is 0 Å². The highest BCUT2D eigenvalue weighted by Gasteiger charge is 2.34. The van der Waals surface area contributed by atoms with E-state index >= 15 is 0 Å². The van der Waals surface area contributed by atoms with Crippen molar-refractivity contribution in [3.63, 3.8) is 0 Å². The molecule has 0 spiro atoms. The molecule has 0 radical (unpaired) electrons. The zero-order valence-electron chi connectivity index (χ0n) is 11.8. The average molecular weight is 315 g/mol. The summed E-state index contributed by atoms with van der Waals surface area (Å²) in [6.45, 7) is 0.468. The molecule has 1 aromatic heterocycles. The number of hydrogen-bond acceptors (Lipinski definition) is 5. The lowest BCUT2D eigenvalue weighted by molar-refractivity contribution is 0.549. The highest BCUT2D eigenvalue weighted by Crippen LogP contribution is 2.39.